The summed E-state index contributed by atoms with van der Waals surface area (Å²) in [5.74, 6) is 0.0752. The van der Waals surface area contributed by atoms with Crippen molar-refractivity contribution in [3.63, 3.8) is 0 Å². The van der Waals surface area contributed by atoms with Crippen LogP contribution in [0.5, 0.6) is 0 Å². The van der Waals surface area contributed by atoms with Crippen LogP contribution in [0.15, 0.2) is 0 Å². The topological polar surface area (TPSA) is 83.8 Å². The molecule has 0 atom stereocenters. The van der Waals surface area contributed by atoms with Gasteiger partial charge in [-0.3, -0.25) is 9.89 Å². The van der Waals surface area contributed by atoms with E-state index in [4.69, 9.17) is 5.73 Å². The van der Waals surface area contributed by atoms with E-state index in [1.165, 1.54) is 25.7 Å². The van der Waals surface area contributed by atoms with Crippen LogP contribution in [0, 0.1) is 5.41 Å². The zero-order chi connectivity index (χ0) is 14.8. The van der Waals surface area contributed by atoms with Crippen LogP contribution in [0.3, 0.4) is 0 Å². The maximum atomic E-state index is 12.2. The lowest BCUT2D eigenvalue weighted by Crippen LogP contribution is -2.36. The van der Waals surface area contributed by atoms with E-state index in [1.54, 1.807) is 0 Å². The second-order valence-corrected chi connectivity index (χ2v) is 6.30. The highest BCUT2D eigenvalue weighted by Crippen LogP contribution is 2.40. The quantitative estimate of drug-likeness (QED) is 0.774. The third-order valence-corrected chi connectivity index (χ3v) is 4.66. The van der Waals surface area contributed by atoms with Gasteiger partial charge < -0.3 is 11.1 Å². The number of amides is 1. The summed E-state index contributed by atoms with van der Waals surface area (Å²) in [7, 11) is 0. The summed E-state index contributed by atoms with van der Waals surface area (Å²) in [4.78, 5) is 12.2. The van der Waals surface area contributed by atoms with Gasteiger partial charge in [0.1, 0.15) is 0 Å². The molecule has 0 unspecified atom stereocenters. The number of nitrogens with zero attached hydrogens (tertiary/aromatic N) is 1. The van der Waals surface area contributed by atoms with Crippen molar-refractivity contribution in [1.82, 2.24) is 15.5 Å². The fourth-order valence-corrected chi connectivity index (χ4v) is 3.11. The second kappa shape index (κ2) is 5.85. The minimum Gasteiger partial charge on any atom is -0.395 e. The number of nitrogens with one attached hydrogen (secondary N) is 2. The van der Waals surface area contributed by atoms with E-state index in [1.807, 2.05) is 13.8 Å². The Labute approximate surface area is 120 Å². The highest BCUT2D eigenvalue weighted by Gasteiger charge is 2.32. The van der Waals surface area contributed by atoms with Crippen molar-refractivity contribution in [3.05, 3.63) is 11.4 Å². The number of nitrogens with two attached hydrogens (primary N) is 1. The van der Waals surface area contributed by atoms with Gasteiger partial charge in [0, 0.05) is 6.54 Å². The van der Waals surface area contributed by atoms with E-state index in [2.05, 4.69) is 22.4 Å². The minimum atomic E-state index is -0.162. The molecule has 112 valence electrons. The van der Waals surface area contributed by atoms with Gasteiger partial charge in [-0.25, -0.2) is 0 Å². The molecule has 5 heteroatoms. The number of carbonyl (C=O) groups excluding carboxylic acids is 1. The van der Waals surface area contributed by atoms with E-state index < -0.39 is 0 Å². The maximum absolute atomic E-state index is 12.2. The molecule has 1 aromatic rings. The first kappa shape index (κ1) is 14.9. The molecule has 2 rings (SSSR count). The zero-order valence-corrected chi connectivity index (χ0v) is 12.8. The van der Waals surface area contributed by atoms with Crippen LogP contribution in [-0.2, 0) is 0 Å². The fraction of sp³-hybridized carbons (Fsp3) is 0.733. The Morgan fingerprint density at radius 3 is 2.60 bits per heavy atom. The number of aromatic amines is 1. The maximum Gasteiger partial charge on any atom is 0.273 e. The summed E-state index contributed by atoms with van der Waals surface area (Å²) in [6.07, 6.45) is 6.06. The van der Waals surface area contributed by atoms with Crippen LogP contribution >= 0.6 is 0 Å². The van der Waals surface area contributed by atoms with E-state index in [-0.39, 0.29) is 17.2 Å². The Morgan fingerprint density at radius 2 is 2.10 bits per heavy atom. The first-order valence-electron chi connectivity index (χ1n) is 7.61. The highest BCUT2D eigenvalue weighted by molar-refractivity contribution is 5.97. The number of hydrogen-bond donors (Lipinski definition) is 3. The molecule has 1 fully saturated rings. The van der Waals surface area contributed by atoms with Gasteiger partial charge in [-0.15, -0.1) is 0 Å². The number of carbonyl (C=O) groups is 1. The van der Waals surface area contributed by atoms with Crippen molar-refractivity contribution in [2.75, 3.05) is 12.3 Å². The summed E-state index contributed by atoms with van der Waals surface area (Å²) >= 11 is 0. The Kier molecular flexibility index (Phi) is 4.35. The molecule has 0 spiro atoms. The molecule has 4 N–H and O–H groups in total. The van der Waals surface area contributed by atoms with E-state index >= 15 is 0 Å². The van der Waals surface area contributed by atoms with Crippen LogP contribution in [0.1, 0.15) is 75.0 Å². The molecular formula is C15H26N4O. The highest BCUT2D eigenvalue weighted by atomic mass is 16.1. The smallest absolute Gasteiger partial charge is 0.273 e. The molecule has 1 aliphatic carbocycles. The van der Waals surface area contributed by atoms with Gasteiger partial charge in [0.15, 0.2) is 5.69 Å². The molecule has 1 amide bonds. The van der Waals surface area contributed by atoms with Crippen LogP contribution < -0.4 is 11.1 Å². The number of H-pyrrole nitrogens is 1. The third kappa shape index (κ3) is 2.81. The molecular weight excluding hydrogens is 252 g/mol. The lowest BCUT2D eigenvalue weighted by atomic mass is 9.83. The number of hydrogen-bond acceptors (Lipinski definition) is 3. The molecule has 1 aliphatic rings. The zero-order valence-electron chi connectivity index (χ0n) is 12.8. The van der Waals surface area contributed by atoms with Gasteiger partial charge in [-0.1, -0.05) is 33.6 Å². The van der Waals surface area contributed by atoms with Crippen molar-refractivity contribution in [2.24, 2.45) is 5.41 Å². The fourth-order valence-electron chi connectivity index (χ4n) is 3.11. The molecule has 1 aromatic heterocycles. The Hall–Kier alpha value is -1.52. The van der Waals surface area contributed by atoms with E-state index in [9.17, 15) is 4.79 Å². The van der Waals surface area contributed by atoms with Gasteiger partial charge in [-0.05, 0) is 30.6 Å². The third-order valence-electron chi connectivity index (χ3n) is 4.66. The number of aromatic nitrogens is 2. The first-order valence-corrected chi connectivity index (χ1v) is 7.61. The number of rotatable bonds is 5. The van der Waals surface area contributed by atoms with Crippen molar-refractivity contribution >= 4 is 11.6 Å². The predicted octanol–water partition coefficient (Wildman–Crippen LogP) is 2.82. The first-order chi connectivity index (χ1) is 9.49. The Bertz CT molecular complexity index is 472. The van der Waals surface area contributed by atoms with Crippen molar-refractivity contribution in [2.45, 2.75) is 58.8 Å². The molecule has 0 radical (unpaired) electrons. The molecule has 1 saturated carbocycles. The standard InChI is InChI=1S/C15H26N4O/c1-4-15(7-5-6-8-15)9-17-14(20)13-11(16)12(10(2)3)18-19-13/h10H,4-9,16H2,1-3H3,(H,17,20)(H,18,19). The molecule has 0 aromatic carbocycles. The number of nitrogen functional groups attached to an aromatic ring is 1. The van der Waals surface area contributed by atoms with Crippen LogP contribution in [0.4, 0.5) is 5.69 Å². The monoisotopic (exact) mass is 278 g/mol. The average molecular weight is 278 g/mol. The Balaban J connectivity index is 2.02. The van der Waals surface area contributed by atoms with Crippen molar-refractivity contribution in [3.8, 4) is 0 Å². The van der Waals surface area contributed by atoms with E-state index in [0.29, 0.717) is 11.4 Å². The lowest BCUT2D eigenvalue weighted by molar-refractivity contribution is 0.0924. The van der Waals surface area contributed by atoms with Crippen molar-refractivity contribution in [1.29, 1.82) is 0 Å². The van der Waals surface area contributed by atoms with Crippen LogP contribution in [0.2, 0.25) is 0 Å². The SMILES string of the molecule is CCC1(CNC(=O)c2n[nH]c(C(C)C)c2N)CCCC1. The Morgan fingerprint density at radius 1 is 1.45 bits per heavy atom. The summed E-state index contributed by atoms with van der Waals surface area (Å²) in [5, 5.41) is 9.96. The van der Waals surface area contributed by atoms with Crippen LogP contribution in [-0.4, -0.2) is 22.6 Å². The summed E-state index contributed by atoms with van der Waals surface area (Å²) in [6.45, 7) is 6.98. The van der Waals surface area contributed by atoms with Gasteiger partial charge in [0.2, 0.25) is 0 Å². The molecule has 1 heterocycles. The normalized spacial score (nSPS) is 17.6. The van der Waals surface area contributed by atoms with Gasteiger partial charge in [0.25, 0.3) is 5.91 Å². The van der Waals surface area contributed by atoms with Crippen LogP contribution in [0.25, 0.3) is 0 Å². The molecule has 0 bridgehead atoms. The van der Waals surface area contributed by atoms with Gasteiger partial charge >= 0.3 is 0 Å². The van der Waals surface area contributed by atoms with E-state index in [0.717, 1.165) is 18.7 Å². The summed E-state index contributed by atoms with van der Waals surface area (Å²) in [6, 6.07) is 0. The largest absolute Gasteiger partial charge is 0.395 e. The number of anilines is 1. The predicted molar refractivity (Wildman–Crippen MR) is 80.6 cm³/mol. The summed E-state index contributed by atoms with van der Waals surface area (Å²) in [5.41, 5.74) is 7.93. The average Bonchev–Trinajstić information content (AvgIpc) is 3.03. The molecule has 0 aliphatic heterocycles. The van der Waals surface area contributed by atoms with Crippen molar-refractivity contribution < 1.29 is 4.79 Å². The summed E-state index contributed by atoms with van der Waals surface area (Å²) < 4.78 is 0. The second-order valence-electron chi connectivity index (χ2n) is 6.30. The molecule has 20 heavy (non-hydrogen) atoms. The minimum absolute atomic E-state index is 0.162. The molecule has 5 nitrogen and oxygen atoms in total. The van der Waals surface area contributed by atoms with Gasteiger partial charge in [-0.2, -0.15) is 5.10 Å². The lowest BCUT2D eigenvalue weighted by Gasteiger charge is -2.27. The van der Waals surface area contributed by atoms with Gasteiger partial charge in [0.05, 0.1) is 11.4 Å². The molecule has 0 saturated heterocycles.